The molecule has 1 N–H and O–H groups in total. The summed E-state index contributed by atoms with van der Waals surface area (Å²) < 4.78 is 5.60. The molecule has 0 aromatic heterocycles. The van der Waals surface area contributed by atoms with Crippen molar-refractivity contribution in [3.63, 3.8) is 0 Å². The van der Waals surface area contributed by atoms with E-state index in [0.29, 0.717) is 0 Å². The molecule has 2 rings (SSSR count). The zero-order chi connectivity index (χ0) is 14.4. The van der Waals surface area contributed by atoms with Crippen molar-refractivity contribution < 1.29 is 4.74 Å². The Morgan fingerprint density at radius 1 is 1.05 bits per heavy atom. The summed E-state index contributed by atoms with van der Waals surface area (Å²) >= 11 is 6.18. The second-order valence-electron chi connectivity index (χ2n) is 4.71. The van der Waals surface area contributed by atoms with Gasteiger partial charge in [-0.15, -0.1) is 0 Å². The van der Waals surface area contributed by atoms with Crippen molar-refractivity contribution in [2.45, 2.75) is 19.9 Å². The minimum Gasteiger partial charge on any atom is -0.494 e. The molecule has 2 aromatic rings. The van der Waals surface area contributed by atoms with Gasteiger partial charge in [0.15, 0.2) is 0 Å². The average molecular weight is 290 g/mol. The van der Waals surface area contributed by atoms with Crippen LogP contribution in [0.5, 0.6) is 5.75 Å². The van der Waals surface area contributed by atoms with Crippen molar-refractivity contribution in [2.75, 3.05) is 13.7 Å². The fourth-order valence-corrected chi connectivity index (χ4v) is 2.23. The third-order valence-corrected chi connectivity index (χ3v) is 3.44. The number of hydrogen-bond acceptors (Lipinski definition) is 2. The minimum atomic E-state index is 0.757. The summed E-state index contributed by atoms with van der Waals surface area (Å²) in [5.41, 5.74) is 3.45. The van der Waals surface area contributed by atoms with E-state index in [4.69, 9.17) is 16.3 Å². The smallest absolute Gasteiger partial charge is 0.119 e. The summed E-state index contributed by atoms with van der Waals surface area (Å²) in [6.45, 7) is 3.63. The standard InChI is InChI=1S/C17H20ClNO/c1-3-10-20-16-7-4-13(5-8-16)14-6-9-17(18)15(11-14)12-19-2/h4-9,11,19H,3,10,12H2,1-2H3. The maximum atomic E-state index is 6.18. The van der Waals surface area contributed by atoms with Gasteiger partial charge in [0, 0.05) is 11.6 Å². The molecule has 2 nitrogen and oxygen atoms in total. The minimum absolute atomic E-state index is 0.757. The fourth-order valence-electron chi connectivity index (χ4n) is 2.04. The SMILES string of the molecule is CCCOc1ccc(-c2ccc(Cl)c(CNC)c2)cc1. The topological polar surface area (TPSA) is 21.3 Å². The van der Waals surface area contributed by atoms with E-state index < -0.39 is 0 Å². The first kappa shape index (κ1) is 14.9. The first-order valence-electron chi connectivity index (χ1n) is 6.91. The molecule has 0 fully saturated rings. The quantitative estimate of drug-likeness (QED) is 0.844. The van der Waals surface area contributed by atoms with Gasteiger partial charge in [0.1, 0.15) is 5.75 Å². The van der Waals surface area contributed by atoms with E-state index >= 15 is 0 Å². The predicted octanol–water partition coefficient (Wildman–Crippen LogP) is 4.52. The molecule has 0 bridgehead atoms. The molecule has 20 heavy (non-hydrogen) atoms. The van der Waals surface area contributed by atoms with Crippen molar-refractivity contribution in [3.05, 3.63) is 53.1 Å². The van der Waals surface area contributed by atoms with Crippen molar-refractivity contribution in [1.29, 1.82) is 0 Å². The van der Waals surface area contributed by atoms with Crippen LogP contribution >= 0.6 is 11.6 Å². The van der Waals surface area contributed by atoms with Crippen molar-refractivity contribution in [1.82, 2.24) is 5.32 Å². The molecule has 0 aliphatic rings. The number of ether oxygens (including phenoxy) is 1. The third kappa shape index (κ3) is 3.75. The molecule has 0 atom stereocenters. The maximum absolute atomic E-state index is 6.18. The van der Waals surface area contributed by atoms with Gasteiger partial charge in [0.2, 0.25) is 0 Å². The van der Waals surface area contributed by atoms with Gasteiger partial charge in [-0.25, -0.2) is 0 Å². The fraction of sp³-hybridized carbons (Fsp3) is 0.294. The van der Waals surface area contributed by atoms with Crippen LogP contribution < -0.4 is 10.1 Å². The van der Waals surface area contributed by atoms with Gasteiger partial charge in [-0.05, 0) is 54.4 Å². The van der Waals surface area contributed by atoms with E-state index in [1.807, 2.05) is 31.3 Å². The molecule has 0 unspecified atom stereocenters. The van der Waals surface area contributed by atoms with Crippen LogP contribution in [0.1, 0.15) is 18.9 Å². The molecule has 0 aliphatic heterocycles. The highest BCUT2D eigenvalue weighted by Gasteiger charge is 2.04. The molecule has 0 heterocycles. The number of nitrogens with one attached hydrogen (secondary N) is 1. The molecule has 0 saturated carbocycles. The van der Waals surface area contributed by atoms with Gasteiger partial charge in [0.25, 0.3) is 0 Å². The molecule has 106 valence electrons. The Balaban J connectivity index is 2.20. The third-order valence-electron chi connectivity index (χ3n) is 3.07. The molecular weight excluding hydrogens is 270 g/mol. The Bertz CT molecular complexity index is 551. The summed E-state index contributed by atoms with van der Waals surface area (Å²) in [7, 11) is 1.92. The maximum Gasteiger partial charge on any atom is 0.119 e. The number of hydrogen-bond donors (Lipinski definition) is 1. The van der Waals surface area contributed by atoms with E-state index in [1.165, 1.54) is 11.1 Å². The van der Waals surface area contributed by atoms with E-state index in [-0.39, 0.29) is 0 Å². The Hall–Kier alpha value is -1.51. The highest BCUT2D eigenvalue weighted by atomic mass is 35.5. The second kappa shape index (κ2) is 7.32. The van der Waals surface area contributed by atoms with Gasteiger partial charge >= 0.3 is 0 Å². The lowest BCUT2D eigenvalue weighted by Gasteiger charge is -2.09. The second-order valence-corrected chi connectivity index (χ2v) is 5.12. The highest BCUT2D eigenvalue weighted by Crippen LogP contribution is 2.26. The van der Waals surface area contributed by atoms with Crippen LogP contribution in [0.3, 0.4) is 0 Å². The molecule has 0 saturated heterocycles. The van der Waals surface area contributed by atoms with E-state index in [2.05, 4.69) is 30.4 Å². The highest BCUT2D eigenvalue weighted by molar-refractivity contribution is 6.31. The summed E-state index contributed by atoms with van der Waals surface area (Å²) in [5.74, 6) is 0.917. The lowest BCUT2D eigenvalue weighted by Crippen LogP contribution is -2.05. The molecule has 2 aromatic carbocycles. The molecule has 0 amide bonds. The molecule has 0 spiro atoms. The van der Waals surface area contributed by atoms with E-state index in [9.17, 15) is 0 Å². The summed E-state index contributed by atoms with van der Waals surface area (Å²) in [6.07, 6.45) is 1.02. The van der Waals surface area contributed by atoms with Crippen LogP contribution in [0, 0.1) is 0 Å². The zero-order valence-corrected chi connectivity index (χ0v) is 12.7. The first-order valence-corrected chi connectivity index (χ1v) is 7.28. The normalized spacial score (nSPS) is 10.6. The first-order chi connectivity index (χ1) is 9.74. The monoisotopic (exact) mass is 289 g/mol. The lowest BCUT2D eigenvalue weighted by atomic mass is 10.0. The largest absolute Gasteiger partial charge is 0.494 e. The Kier molecular flexibility index (Phi) is 5.45. The van der Waals surface area contributed by atoms with Crippen molar-refractivity contribution in [2.24, 2.45) is 0 Å². The predicted molar refractivity (Wildman–Crippen MR) is 85.4 cm³/mol. The van der Waals surface area contributed by atoms with Gasteiger partial charge in [-0.3, -0.25) is 0 Å². The average Bonchev–Trinajstić information content (AvgIpc) is 2.48. The van der Waals surface area contributed by atoms with Crippen LogP contribution in [0.15, 0.2) is 42.5 Å². The van der Waals surface area contributed by atoms with Crippen LogP contribution in [0.2, 0.25) is 5.02 Å². The van der Waals surface area contributed by atoms with Gasteiger partial charge < -0.3 is 10.1 Å². The van der Waals surface area contributed by atoms with Crippen molar-refractivity contribution >= 4 is 11.6 Å². The van der Waals surface area contributed by atoms with Crippen LogP contribution in [-0.2, 0) is 6.54 Å². The van der Waals surface area contributed by atoms with E-state index in [1.54, 1.807) is 0 Å². The van der Waals surface area contributed by atoms with Gasteiger partial charge in [0.05, 0.1) is 6.61 Å². The summed E-state index contributed by atoms with van der Waals surface area (Å²) in [4.78, 5) is 0. The Labute approximate surface area is 125 Å². The van der Waals surface area contributed by atoms with Gasteiger partial charge in [-0.2, -0.15) is 0 Å². The van der Waals surface area contributed by atoms with Crippen LogP contribution in [-0.4, -0.2) is 13.7 Å². The van der Waals surface area contributed by atoms with Crippen molar-refractivity contribution in [3.8, 4) is 16.9 Å². The van der Waals surface area contributed by atoms with E-state index in [0.717, 1.165) is 35.9 Å². The summed E-state index contributed by atoms with van der Waals surface area (Å²) in [5, 5.41) is 3.93. The summed E-state index contributed by atoms with van der Waals surface area (Å²) in [6, 6.07) is 14.3. The molecule has 3 heteroatoms. The molecule has 0 aliphatic carbocycles. The zero-order valence-electron chi connectivity index (χ0n) is 11.9. The molecule has 0 radical (unpaired) electrons. The Morgan fingerprint density at radius 3 is 2.40 bits per heavy atom. The van der Waals surface area contributed by atoms with Gasteiger partial charge in [-0.1, -0.05) is 36.7 Å². The number of benzene rings is 2. The Morgan fingerprint density at radius 2 is 1.75 bits per heavy atom. The van der Waals surface area contributed by atoms with Crippen LogP contribution in [0.4, 0.5) is 0 Å². The lowest BCUT2D eigenvalue weighted by molar-refractivity contribution is 0.317. The number of rotatable bonds is 6. The molecular formula is C17H20ClNO. The van der Waals surface area contributed by atoms with Crippen LogP contribution in [0.25, 0.3) is 11.1 Å². The number of halogens is 1.